The molecule has 0 bridgehead atoms. The van der Waals surface area contributed by atoms with Gasteiger partial charge in [-0.3, -0.25) is 19.2 Å². The van der Waals surface area contributed by atoms with Gasteiger partial charge < -0.3 is 22.1 Å². The zero-order valence-electron chi connectivity index (χ0n) is 22.3. The summed E-state index contributed by atoms with van der Waals surface area (Å²) in [5, 5.41) is 5.58. The fraction of sp³-hybridized carbons (Fsp3) is 0. The number of amides is 2. The largest absolute Gasteiger partial charge is 0.399 e. The molecule has 0 unspecified atom stereocenters. The molecule has 0 aromatic heterocycles. The van der Waals surface area contributed by atoms with E-state index in [1.165, 1.54) is 6.07 Å². The second kappa shape index (κ2) is 12.0. The van der Waals surface area contributed by atoms with Crippen molar-refractivity contribution in [1.82, 2.24) is 0 Å². The van der Waals surface area contributed by atoms with Gasteiger partial charge in [0.15, 0.2) is 11.6 Å². The highest BCUT2D eigenvalue weighted by atomic mass is 16.2. The summed E-state index contributed by atoms with van der Waals surface area (Å²) in [6, 6.07) is 32.5. The Labute approximate surface area is 242 Å². The van der Waals surface area contributed by atoms with Crippen LogP contribution in [0, 0.1) is 0 Å². The Morgan fingerprint density at radius 2 is 0.810 bits per heavy atom. The van der Waals surface area contributed by atoms with Gasteiger partial charge in [-0.1, -0.05) is 42.5 Å². The first-order chi connectivity index (χ1) is 20.3. The second-order valence-electron chi connectivity index (χ2n) is 9.48. The summed E-state index contributed by atoms with van der Waals surface area (Å²) in [5.41, 5.74) is 15.0. The molecule has 0 saturated heterocycles. The first kappa shape index (κ1) is 27.5. The molecule has 0 aliphatic heterocycles. The fourth-order valence-electron chi connectivity index (χ4n) is 4.35. The zero-order valence-corrected chi connectivity index (χ0v) is 22.3. The lowest BCUT2D eigenvalue weighted by Gasteiger charge is -2.13. The van der Waals surface area contributed by atoms with E-state index < -0.39 is 11.8 Å². The number of benzene rings is 5. The van der Waals surface area contributed by atoms with Crippen LogP contribution in [0.4, 0.5) is 22.7 Å². The van der Waals surface area contributed by atoms with Gasteiger partial charge in [0.05, 0.1) is 11.4 Å². The summed E-state index contributed by atoms with van der Waals surface area (Å²) in [6.07, 6.45) is 0. The fourth-order valence-corrected chi connectivity index (χ4v) is 4.35. The molecule has 0 saturated carbocycles. The maximum Gasteiger partial charge on any atom is 0.255 e. The molecule has 8 heteroatoms. The predicted octanol–water partition coefficient (Wildman–Crippen LogP) is 5.82. The SMILES string of the molecule is Nc1ccc(C(=O)Nc2ccccc2C(=O)c2cccc(C(=O)c3ccccc3NC(=O)c3ccc(N)cc3)c2)cc1. The van der Waals surface area contributed by atoms with Crippen LogP contribution in [0.5, 0.6) is 0 Å². The van der Waals surface area contributed by atoms with Gasteiger partial charge in [-0.2, -0.15) is 0 Å². The zero-order chi connectivity index (χ0) is 29.6. The number of hydrogen-bond acceptors (Lipinski definition) is 6. The third-order valence-corrected chi connectivity index (χ3v) is 6.57. The Kier molecular flexibility index (Phi) is 7.88. The summed E-state index contributed by atoms with van der Waals surface area (Å²) in [7, 11) is 0. The van der Waals surface area contributed by atoms with Gasteiger partial charge in [0, 0.05) is 44.8 Å². The molecule has 0 fully saturated rings. The molecule has 8 nitrogen and oxygen atoms in total. The van der Waals surface area contributed by atoms with Gasteiger partial charge in [-0.15, -0.1) is 0 Å². The minimum Gasteiger partial charge on any atom is -0.399 e. The van der Waals surface area contributed by atoms with Crippen molar-refractivity contribution in [2.24, 2.45) is 0 Å². The van der Waals surface area contributed by atoms with Crippen molar-refractivity contribution in [2.75, 3.05) is 22.1 Å². The topological polar surface area (TPSA) is 144 Å². The van der Waals surface area contributed by atoms with Crippen molar-refractivity contribution in [1.29, 1.82) is 0 Å². The molecular formula is C34H26N4O4. The number of para-hydroxylation sites is 2. The Hall–Kier alpha value is -6.02. The number of nitrogens with two attached hydrogens (primary N) is 2. The molecule has 0 spiro atoms. The van der Waals surface area contributed by atoms with Gasteiger partial charge in [0.1, 0.15) is 0 Å². The molecule has 206 valence electrons. The molecule has 5 aromatic rings. The molecule has 0 heterocycles. The molecule has 0 atom stereocenters. The van der Waals surface area contributed by atoms with Crippen LogP contribution < -0.4 is 22.1 Å². The lowest BCUT2D eigenvalue weighted by atomic mass is 9.96. The Bertz CT molecular complexity index is 1680. The van der Waals surface area contributed by atoms with E-state index in [2.05, 4.69) is 10.6 Å². The lowest BCUT2D eigenvalue weighted by Crippen LogP contribution is -2.16. The highest BCUT2D eigenvalue weighted by Gasteiger charge is 2.20. The van der Waals surface area contributed by atoms with E-state index in [0.717, 1.165) is 0 Å². The number of ketones is 2. The van der Waals surface area contributed by atoms with E-state index in [1.54, 1.807) is 115 Å². The van der Waals surface area contributed by atoms with Crippen molar-refractivity contribution in [3.63, 3.8) is 0 Å². The normalized spacial score (nSPS) is 10.5. The number of rotatable bonds is 8. The van der Waals surface area contributed by atoms with Gasteiger partial charge in [-0.05, 0) is 78.9 Å². The van der Waals surface area contributed by atoms with Crippen molar-refractivity contribution >= 4 is 46.1 Å². The monoisotopic (exact) mass is 554 g/mol. The molecule has 2 amide bonds. The smallest absolute Gasteiger partial charge is 0.255 e. The molecular weight excluding hydrogens is 528 g/mol. The summed E-state index contributed by atoms with van der Waals surface area (Å²) < 4.78 is 0. The van der Waals surface area contributed by atoms with Crippen LogP contribution in [0.1, 0.15) is 52.6 Å². The summed E-state index contributed by atoms with van der Waals surface area (Å²) in [4.78, 5) is 52.8. The number of carbonyl (C=O) groups excluding carboxylic acids is 4. The highest BCUT2D eigenvalue weighted by Crippen LogP contribution is 2.24. The van der Waals surface area contributed by atoms with E-state index in [0.29, 0.717) is 33.9 Å². The van der Waals surface area contributed by atoms with Crippen molar-refractivity contribution < 1.29 is 19.2 Å². The van der Waals surface area contributed by atoms with Crippen LogP contribution in [0.25, 0.3) is 0 Å². The summed E-state index contributed by atoms with van der Waals surface area (Å²) in [5.74, 6) is -1.53. The molecule has 5 aromatic carbocycles. The average molecular weight is 555 g/mol. The Morgan fingerprint density at radius 1 is 0.429 bits per heavy atom. The van der Waals surface area contributed by atoms with Gasteiger partial charge in [0.2, 0.25) is 0 Å². The predicted molar refractivity (Wildman–Crippen MR) is 164 cm³/mol. The van der Waals surface area contributed by atoms with E-state index in [1.807, 2.05) is 0 Å². The number of hydrogen-bond donors (Lipinski definition) is 4. The summed E-state index contributed by atoms with van der Waals surface area (Å²) >= 11 is 0. The number of carbonyl (C=O) groups is 4. The summed E-state index contributed by atoms with van der Waals surface area (Å²) in [6.45, 7) is 0. The van der Waals surface area contributed by atoms with Crippen LogP contribution >= 0.6 is 0 Å². The highest BCUT2D eigenvalue weighted by molar-refractivity contribution is 6.18. The van der Waals surface area contributed by atoms with Crippen LogP contribution in [0.3, 0.4) is 0 Å². The van der Waals surface area contributed by atoms with E-state index >= 15 is 0 Å². The first-order valence-electron chi connectivity index (χ1n) is 13.0. The maximum absolute atomic E-state index is 13.6. The van der Waals surface area contributed by atoms with Gasteiger partial charge in [0.25, 0.3) is 11.8 Å². The van der Waals surface area contributed by atoms with Crippen molar-refractivity contribution in [3.8, 4) is 0 Å². The standard InChI is InChI=1S/C34H26N4O4/c35-25-16-12-21(13-17-25)33(41)37-29-10-3-1-8-27(29)31(39)23-6-5-7-24(20-23)32(40)28-9-2-4-11-30(28)38-34(42)22-14-18-26(36)19-15-22/h1-20H,35-36H2,(H,37,41)(H,38,42). The van der Waals surface area contributed by atoms with Gasteiger partial charge in [-0.25, -0.2) is 0 Å². The van der Waals surface area contributed by atoms with E-state index in [9.17, 15) is 19.2 Å². The third-order valence-electron chi connectivity index (χ3n) is 6.57. The van der Waals surface area contributed by atoms with Crippen LogP contribution in [-0.4, -0.2) is 23.4 Å². The third kappa shape index (κ3) is 6.08. The average Bonchev–Trinajstić information content (AvgIpc) is 3.01. The minimum atomic E-state index is -0.392. The van der Waals surface area contributed by atoms with E-state index in [-0.39, 0.29) is 33.8 Å². The molecule has 42 heavy (non-hydrogen) atoms. The molecule has 5 rings (SSSR count). The number of anilines is 4. The Balaban J connectivity index is 1.39. The van der Waals surface area contributed by atoms with Crippen LogP contribution in [0.15, 0.2) is 121 Å². The van der Waals surface area contributed by atoms with E-state index in [4.69, 9.17) is 11.5 Å². The van der Waals surface area contributed by atoms with Crippen LogP contribution in [-0.2, 0) is 0 Å². The first-order valence-corrected chi connectivity index (χ1v) is 13.0. The molecule has 6 N–H and O–H groups in total. The van der Waals surface area contributed by atoms with Crippen LogP contribution in [0.2, 0.25) is 0 Å². The quantitative estimate of drug-likeness (QED) is 0.141. The minimum absolute atomic E-state index is 0.262. The second-order valence-corrected chi connectivity index (χ2v) is 9.48. The molecule has 0 aliphatic carbocycles. The van der Waals surface area contributed by atoms with Crippen molar-refractivity contribution in [2.45, 2.75) is 0 Å². The lowest BCUT2D eigenvalue weighted by molar-refractivity contribution is 0.101. The number of nitrogen functional groups attached to an aromatic ring is 2. The Morgan fingerprint density at radius 3 is 1.21 bits per heavy atom. The van der Waals surface area contributed by atoms with Gasteiger partial charge >= 0.3 is 0 Å². The van der Waals surface area contributed by atoms with Crippen molar-refractivity contribution in [3.05, 3.63) is 155 Å². The maximum atomic E-state index is 13.6. The molecule has 0 radical (unpaired) electrons. The number of nitrogens with one attached hydrogen (secondary N) is 2. The molecule has 0 aliphatic rings.